The second kappa shape index (κ2) is 5.76. The normalized spacial score (nSPS) is 10.3. The summed E-state index contributed by atoms with van der Waals surface area (Å²) in [7, 11) is 0. The van der Waals surface area contributed by atoms with Crippen molar-refractivity contribution in [2.75, 3.05) is 5.32 Å². The molecule has 2 aromatic rings. The van der Waals surface area contributed by atoms with E-state index in [1.165, 1.54) is 0 Å². The molecule has 2 aromatic carbocycles. The Morgan fingerprint density at radius 3 is 2.63 bits per heavy atom. The molecule has 19 heavy (non-hydrogen) atoms. The molecule has 0 fully saturated rings. The van der Waals surface area contributed by atoms with E-state index in [1.807, 2.05) is 38.1 Å². The molecule has 0 atom stereocenters. The van der Waals surface area contributed by atoms with Crippen LogP contribution in [0, 0.1) is 13.8 Å². The minimum atomic E-state index is -0.203. The molecule has 0 saturated carbocycles. The molecule has 0 aromatic heterocycles. The molecule has 0 saturated heterocycles. The number of carbonyl (C=O) groups excluding carboxylic acids is 1. The van der Waals surface area contributed by atoms with Crippen molar-refractivity contribution in [2.24, 2.45) is 0 Å². The number of nitrogens with one attached hydrogen (secondary N) is 1. The molecule has 4 heteroatoms. The molecule has 1 amide bonds. The summed E-state index contributed by atoms with van der Waals surface area (Å²) in [4.78, 5) is 12.2. The van der Waals surface area contributed by atoms with Crippen LogP contribution >= 0.6 is 27.5 Å². The van der Waals surface area contributed by atoms with Gasteiger partial charge in [-0.25, -0.2) is 0 Å². The lowest BCUT2D eigenvalue weighted by atomic mass is 10.1. The highest BCUT2D eigenvalue weighted by atomic mass is 79.9. The van der Waals surface area contributed by atoms with Crippen LogP contribution < -0.4 is 5.32 Å². The first kappa shape index (κ1) is 14.1. The number of anilines is 1. The quantitative estimate of drug-likeness (QED) is 0.823. The number of carbonyl (C=O) groups is 1. The second-order valence-electron chi connectivity index (χ2n) is 4.35. The van der Waals surface area contributed by atoms with E-state index in [0.717, 1.165) is 21.3 Å². The van der Waals surface area contributed by atoms with E-state index in [2.05, 4.69) is 21.2 Å². The maximum atomic E-state index is 12.2. The third-order valence-electron chi connectivity index (χ3n) is 2.89. The number of benzene rings is 2. The van der Waals surface area contributed by atoms with Crippen molar-refractivity contribution in [2.45, 2.75) is 13.8 Å². The molecule has 2 nitrogen and oxygen atoms in total. The van der Waals surface area contributed by atoms with Crippen LogP contribution in [0.1, 0.15) is 21.5 Å². The Morgan fingerprint density at radius 2 is 1.95 bits per heavy atom. The van der Waals surface area contributed by atoms with Gasteiger partial charge in [-0.3, -0.25) is 4.79 Å². The van der Waals surface area contributed by atoms with E-state index >= 15 is 0 Å². The van der Waals surface area contributed by atoms with Gasteiger partial charge in [0.2, 0.25) is 0 Å². The third kappa shape index (κ3) is 3.17. The average molecular weight is 339 g/mol. The summed E-state index contributed by atoms with van der Waals surface area (Å²) in [6.07, 6.45) is 0. The number of amides is 1. The Hall–Kier alpha value is -1.32. The summed E-state index contributed by atoms with van der Waals surface area (Å²) in [6.45, 7) is 3.88. The zero-order valence-corrected chi connectivity index (χ0v) is 13.0. The monoisotopic (exact) mass is 337 g/mol. The third-order valence-corrected chi connectivity index (χ3v) is 4.06. The highest BCUT2D eigenvalue weighted by Gasteiger charge is 2.12. The van der Waals surface area contributed by atoms with Gasteiger partial charge in [-0.05, 0) is 49.2 Å². The van der Waals surface area contributed by atoms with E-state index in [1.54, 1.807) is 12.1 Å². The Bertz CT molecular complexity index is 640. The number of hydrogen-bond acceptors (Lipinski definition) is 1. The van der Waals surface area contributed by atoms with Gasteiger partial charge in [0.05, 0.1) is 10.6 Å². The summed E-state index contributed by atoms with van der Waals surface area (Å²) in [5.41, 5.74) is 3.27. The molecule has 0 aliphatic rings. The Balaban J connectivity index is 2.28. The summed E-state index contributed by atoms with van der Waals surface area (Å²) in [5, 5.41) is 3.34. The molecule has 0 unspecified atom stereocenters. The smallest absolute Gasteiger partial charge is 0.257 e. The Morgan fingerprint density at radius 1 is 1.21 bits per heavy atom. The molecule has 0 bridgehead atoms. The molecule has 0 radical (unpaired) electrons. The molecular weight excluding hydrogens is 326 g/mol. The number of rotatable bonds is 2. The van der Waals surface area contributed by atoms with Crippen LogP contribution in [0.15, 0.2) is 40.9 Å². The fourth-order valence-electron chi connectivity index (χ4n) is 1.74. The highest BCUT2D eigenvalue weighted by molar-refractivity contribution is 9.10. The first-order valence-corrected chi connectivity index (χ1v) is 6.99. The van der Waals surface area contributed by atoms with Crippen LogP contribution in [0.4, 0.5) is 5.69 Å². The highest BCUT2D eigenvalue weighted by Crippen LogP contribution is 2.25. The van der Waals surface area contributed by atoms with Crippen LogP contribution in [0.3, 0.4) is 0 Å². The zero-order valence-electron chi connectivity index (χ0n) is 10.6. The van der Waals surface area contributed by atoms with E-state index in [9.17, 15) is 4.79 Å². The lowest BCUT2D eigenvalue weighted by Gasteiger charge is -2.10. The minimum absolute atomic E-state index is 0.203. The van der Waals surface area contributed by atoms with Crippen molar-refractivity contribution in [1.82, 2.24) is 0 Å². The van der Waals surface area contributed by atoms with Gasteiger partial charge in [0.15, 0.2) is 0 Å². The largest absolute Gasteiger partial charge is 0.322 e. The van der Waals surface area contributed by atoms with E-state index in [0.29, 0.717) is 10.6 Å². The van der Waals surface area contributed by atoms with Crippen molar-refractivity contribution in [3.63, 3.8) is 0 Å². The molecule has 0 aliphatic heterocycles. The van der Waals surface area contributed by atoms with Crippen LogP contribution in [-0.2, 0) is 0 Å². The van der Waals surface area contributed by atoms with E-state index in [4.69, 9.17) is 11.6 Å². The van der Waals surface area contributed by atoms with Crippen molar-refractivity contribution in [3.8, 4) is 0 Å². The maximum Gasteiger partial charge on any atom is 0.257 e. The number of aryl methyl sites for hydroxylation is 1. The van der Waals surface area contributed by atoms with Crippen molar-refractivity contribution >= 4 is 39.1 Å². The summed E-state index contributed by atoms with van der Waals surface area (Å²) >= 11 is 9.53. The molecule has 98 valence electrons. The molecule has 1 N–H and O–H groups in total. The predicted molar refractivity (Wildman–Crippen MR) is 83.0 cm³/mol. The second-order valence-corrected chi connectivity index (χ2v) is 5.61. The Labute approximate surface area is 125 Å². The zero-order chi connectivity index (χ0) is 14.0. The first-order valence-electron chi connectivity index (χ1n) is 5.81. The number of hydrogen-bond donors (Lipinski definition) is 1. The van der Waals surface area contributed by atoms with Crippen molar-refractivity contribution in [3.05, 3.63) is 62.6 Å². The summed E-state index contributed by atoms with van der Waals surface area (Å²) in [6, 6.07) is 11.1. The van der Waals surface area contributed by atoms with Crippen molar-refractivity contribution in [1.29, 1.82) is 0 Å². The predicted octanol–water partition coefficient (Wildman–Crippen LogP) is 4.97. The van der Waals surface area contributed by atoms with E-state index in [-0.39, 0.29) is 5.91 Å². The average Bonchev–Trinajstić information content (AvgIpc) is 2.34. The van der Waals surface area contributed by atoms with Crippen LogP contribution in [0.5, 0.6) is 0 Å². The van der Waals surface area contributed by atoms with Gasteiger partial charge in [-0.2, -0.15) is 0 Å². The maximum absolute atomic E-state index is 12.2. The van der Waals surface area contributed by atoms with Gasteiger partial charge in [0, 0.05) is 10.2 Å². The molecule has 0 aliphatic carbocycles. The standard InChI is InChI=1S/C15H13BrClNO/c1-9-6-7-11(13(17)8-9)15(19)18-14-5-3-4-12(16)10(14)2/h3-8H,1-2H3,(H,18,19). The minimum Gasteiger partial charge on any atom is -0.322 e. The molecule has 0 heterocycles. The van der Waals surface area contributed by atoms with E-state index < -0.39 is 0 Å². The lowest BCUT2D eigenvalue weighted by Crippen LogP contribution is -2.13. The first-order chi connectivity index (χ1) is 8.99. The lowest BCUT2D eigenvalue weighted by molar-refractivity contribution is 0.102. The van der Waals surface area contributed by atoms with Gasteiger partial charge in [0.1, 0.15) is 0 Å². The summed E-state index contributed by atoms with van der Waals surface area (Å²) in [5.74, 6) is -0.203. The van der Waals surface area contributed by atoms with Crippen LogP contribution in [0.25, 0.3) is 0 Å². The van der Waals surface area contributed by atoms with Crippen LogP contribution in [-0.4, -0.2) is 5.91 Å². The van der Waals surface area contributed by atoms with Gasteiger partial charge >= 0.3 is 0 Å². The fourth-order valence-corrected chi connectivity index (χ4v) is 2.42. The molecule has 0 spiro atoms. The summed E-state index contributed by atoms with van der Waals surface area (Å²) < 4.78 is 0.959. The van der Waals surface area contributed by atoms with Gasteiger partial charge in [0.25, 0.3) is 5.91 Å². The topological polar surface area (TPSA) is 29.1 Å². The van der Waals surface area contributed by atoms with Crippen molar-refractivity contribution < 1.29 is 4.79 Å². The number of halogens is 2. The molecule has 2 rings (SSSR count). The SMILES string of the molecule is Cc1ccc(C(=O)Nc2cccc(Br)c2C)c(Cl)c1. The van der Waals surface area contributed by atoms with Gasteiger partial charge in [-0.15, -0.1) is 0 Å². The fraction of sp³-hybridized carbons (Fsp3) is 0.133. The van der Waals surface area contributed by atoms with Gasteiger partial charge < -0.3 is 5.32 Å². The Kier molecular flexibility index (Phi) is 4.27. The van der Waals surface area contributed by atoms with Crippen LogP contribution in [0.2, 0.25) is 5.02 Å². The molecular formula is C15H13BrClNO. The van der Waals surface area contributed by atoms with Gasteiger partial charge in [-0.1, -0.05) is 39.7 Å².